The highest BCUT2D eigenvalue weighted by atomic mass is 16.2. The van der Waals surface area contributed by atoms with Crippen LogP contribution < -0.4 is 4.90 Å². The molecule has 0 fully saturated rings. The molecule has 0 aliphatic rings. The van der Waals surface area contributed by atoms with Gasteiger partial charge >= 0.3 is 0 Å². The van der Waals surface area contributed by atoms with Gasteiger partial charge in [-0.3, -0.25) is 9.59 Å². The van der Waals surface area contributed by atoms with E-state index in [0.29, 0.717) is 13.0 Å². The molecular weight excluding hydrogens is 396 g/mol. The average Bonchev–Trinajstić information content (AvgIpc) is 2.82. The fraction of sp³-hybridized carbons (Fsp3) is 0.214. The molecule has 0 saturated heterocycles. The van der Waals surface area contributed by atoms with Gasteiger partial charge in [0.1, 0.15) is 0 Å². The van der Waals surface area contributed by atoms with Gasteiger partial charge in [0, 0.05) is 25.4 Å². The van der Waals surface area contributed by atoms with Crippen LogP contribution in [0.1, 0.15) is 30.0 Å². The summed E-state index contributed by atoms with van der Waals surface area (Å²) < 4.78 is 0. The minimum atomic E-state index is -0.107. The van der Waals surface area contributed by atoms with Crippen molar-refractivity contribution in [3.63, 3.8) is 0 Å². The molecule has 0 spiro atoms. The first-order chi connectivity index (χ1) is 15.6. The van der Waals surface area contributed by atoms with Crippen LogP contribution in [0.25, 0.3) is 6.08 Å². The van der Waals surface area contributed by atoms with Crippen molar-refractivity contribution < 1.29 is 9.59 Å². The van der Waals surface area contributed by atoms with Crippen molar-refractivity contribution in [2.75, 3.05) is 18.5 Å². The zero-order valence-corrected chi connectivity index (χ0v) is 18.8. The van der Waals surface area contributed by atoms with Gasteiger partial charge in [-0.25, -0.2) is 0 Å². The third-order valence-electron chi connectivity index (χ3n) is 5.23. The minimum absolute atomic E-state index is 0.0777. The molecule has 32 heavy (non-hydrogen) atoms. The Morgan fingerprint density at radius 1 is 0.844 bits per heavy atom. The number of hydrogen-bond acceptors (Lipinski definition) is 2. The van der Waals surface area contributed by atoms with Gasteiger partial charge in [-0.05, 0) is 41.3 Å². The SMILES string of the molecule is CCCN(C)C(=O)Cc1cccc(N(Cc2ccccc2)C(=O)/C=C/c2ccccc2)c1. The molecule has 2 amide bonds. The molecule has 0 aromatic heterocycles. The number of amides is 2. The molecular formula is C28H30N2O2. The third kappa shape index (κ3) is 6.67. The van der Waals surface area contributed by atoms with Crippen molar-refractivity contribution in [2.24, 2.45) is 0 Å². The van der Waals surface area contributed by atoms with Crippen molar-refractivity contribution in [1.82, 2.24) is 4.90 Å². The van der Waals surface area contributed by atoms with Crippen molar-refractivity contribution in [3.05, 3.63) is 108 Å². The Bertz CT molecular complexity index is 1050. The first-order valence-electron chi connectivity index (χ1n) is 11.0. The Labute approximate surface area is 190 Å². The van der Waals surface area contributed by atoms with E-state index in [-0.39, 0.29) is 11.8 Å². The van der Waals surface area contributed by atoms with E-state index in [1.807, 2.05) is 98.1 Å². The summed E-state index contributed by atoms with van der Waals surface area (Å²) in [5.41, 5.74) is 3.69. The lowest BCUT2D eigenvalue weighted by Gasteiger charge is -2.23. The maximum Gasteiger partial charge on any atom is 0.251 e. The molecule has 0 N–H and O–H groups in total. The van der Waals surface area contributed by atoms with Gasteiger partial charge in [0.25, 0.3) is 5.91 Å². The van der Waals surface area contributed by atoms with Gasteiger partial charge in [0.15, 0.2) is 0 Å². The minimum Gasteiger partial charge on any atom is -0.345 e. The Balaban J connectivity index is 1.85. The van der Waals surface area contributed by atoms with E-state index >= 15 is 0 Å². The van der Waals surface area contributed by atoms with Crippen LogP contribution >= 0.6 is 0 Å². The number of rotatable bonds is 9. The number of carbonyl (C=O) groups excluding carboxylic acids is 2. The molecule has 164 valence electrons. The van der Waals surface area contributed by atoms with Crippen molar-refractivity contribution in [1.29, 1.82) is 0 Å². The Morgan fingerprint density at radius 2 is 1.50 bits per heavy atom. The lowest BCUT2D eigenvalue weighted by Crippen LogP contribution is -2.30. The molecule has 3 aromatic carbocycles. The summed E-state index contributed by atoms with van der Waals surface area (Å²) >= 11 is 0. The number of nitrogens with zero attached hydrogens (tertiary/aromatic N) is 2. The Kier molecular flexibility index (Phi) is 8.38. The quantitative estimate of drug-likeness (QED) is 0.433. The maximum atomic E-state index is 13.2. The highest BCUT2D eigenvalue weighted by Crippen LogP contribution is 2.21. The van der Waals surface area contributed by atoms with Crippen LogP contribution in [0.15, 0.2) is 91.0 Å². The predicted molar refractivity (Wildman–Crippen MR) is 131 cm³/mol. The first kappa shape index (κ1) is 23.0. The molecule has 0 unspecified atom stereocenters. The van der Waals surface area contributed by atoms with Gasteiger partial charge in [-0.1, -0.05) is 79.7 Å². The Morgan fingerprint density at radius 3 is 2.19 bits per heavy atom. The summed E-state index contributed by atoms with van der Waals surface area (Å²) in [7, 11) is 1.83. The Hall–Kier alpha value is -3.66. The number of likely N-dealkylation sites (N-methyl/N-ethyl adjacent to an activating group) is 1. The largest absolute Gasteiger partial charge is 0.345 e. The highest BCUT2D eigenvalue weighted by Gasteiger charge is 2.16. The fourth-order valence-corrected chi connectivity index (χ4v) is 3.49. The number of benzene rings is 3. The summed E-state index contributed by atoms with van der Waals surface area (Å²) in [5.74, 6) is -0.0295. The van der Waals surface area contributed by atoms with Crippen LogP contribution in [0.5, 0.6) is 0 Å². The van der Waals surface area contributed by atoms with E-state index in [0.717, 1.165) is 35.3 Å². The first-order valence-corrected chi connectivity index (χ1v) is 11.0. The summed E-state index contributed by atoms with van der Waals surface area (Å²) in [4.78, 5) is 29.2. The van der Waals surface area contributed by atoms with Crippen molar-refractivity contribution in [3.8, 4) is 0 Å². The number of anilines is 1. The van der Waals surface area contributed by atoms with Crippen LogP contribution in [-0.2, 0) is 22.6 Å². The van der Waals surface area contributed by atoms with Gasteiger partial charge in [0.2, 0.25) is 5.91 Å². The van der Waals surface area contributed by atoms with E-state index in [1.165, 1.54) is 0 Å². The second-order valence-corrected chi connectivity index (χ2v) is 7.82. The van der Waals surface area contributed by atoms with Crippen LogP contribution in [0.2, 0.25) is 0 Å². The topological polar surface area (TPSA) is 40.6 Å². The summed E-state index contributed by atoms with van der Waals surface area (Å²) in [5, 5.41) is 0. The predicted octanol–water partition coefficient (Wildman–Crippen LogP) is 5.34. The molecule has 3 rings (SSSR count). The monoisotopic (exact) mass is 426 g/mol. The van der Waals surface area contributed by atoms with Crippen molar-refractivity contribution in [2.45, 2.75) is 26.3 Å². The lowest BCUT2D eigenvalue weighted by molar-refractivity contribution is -0.129. The molecule has 0 heterocycles. The molecule has 0 atom stereocenters. The van der Waals surface area contributed by atoms with Crippen LogP contribution in [0, 0.1) is 0 Å². The van der Waals surface area contributed by atoms with Gasteiger partial charge in [-0.15, -0.1) is 0 Å². The van der Waals surface area contributed by atoms with E-state index in [4.69, 9.17) is 0 Å². The normalized spacial score (nSPS) is 10.8. The standard InChI is InChI=1S/C28H30N2O2/c1-3-19-29(2)28(32)21-25-15-10-16-26(20-25)30(22-24-13-8-5-9-14-24)27(31)18-17-23-11-6-4-7-12-23/h4-18,20H,3,19,21-22H2,1-2H3/b18-17+. The maximum absolute atomic E-state index is 13.2. The second kappa shape index (κ2) is 11.7. The molecule has 0 radical (unpaired) electrons. The van der Waals surface area contributed by atoms with Crippen LogP contribution in [0.4, 0.5) is 5.69 Å². The van der Waals surface area contributed by atoms with Gasteiger partial charge in [-0.2, -0.15) is 0 Å². The molecule has 0 bridgehead atoms. The zero-order chi connectivity index (χ0) is 22.8. The molecule has 0 saturated carbocycles. The molecule has 4 heteroatoms. The summed E-state index contributed by atoms with van der Waals surface area (Å²) in [6.07, 6.45) is 4.67. The zero-order valence-electron chi connectivity index (χ0n) is 18.8. The number of hydrogen-bond donors (Lipinski definition) is 0. The van der Waals surface area contributed by atoms with E-state index in [1.54, 1.807) is 15.9 Å². The molecule has 0 aliphatic heterocycles. The van der Waals surface area contributed by atoms with E-state index in [2.05, 4.69) is 6.92 Å². The second-order valence-electron chi connectivity index (χ2n) is 7.82. The molecule has 0 aliphatic carbocycles. The van der Waals surface area contributed by atoms with Crippen molar-refractivity contribution >= 4 is 23.6 Å². The van der Waals surface area contributed by atoms with E-state index < -0.39 is 0 Å². The van der Waals surface area contributed by atoms with E-state index in [9.17, 15) is 9.59 Å². The average molecular weight is 427 g/mol. The highest BCUT2D eigenvalue weighted by molar-refractivity contribution is 6.03. The third-order valence-corrected chi connectivity index (χ3v) is 5.23. The van der Waals surface area contributed by atoms with Gasteiger partial charge in [0.05, 0.1) is 13.0 Å². The lowest BCUT2D eigenvalue weighted by atomic mass is 10.1. The van der Waals surface area contributed by atoms with Crippen LogP contribution in [-0.4, -0.2) is 30.3 Å². The molecule has 4 nitrogen and oxygen atoms in total. The smallest absolute Gasteiger partial charge is 0.251 e. The van der Waals surface area contributed by atoms with Gasteiger partial charge < -0.3 is 9.80 Å². The summed E-state index contributed by atoms with van der Waals surface area (Å²) in [6, 6.07) is 27.4. The number of carbonyl (C=O) groups is 2. The fourth-order valence-electron chi connectivity index (χ4n) is 3.49. The molecule has 3 aromatic rings. The summed E-state index contributed by atoms with van der Waals surface area (Å²) in [6.45, 7) is 3.24. The van der Waals surface area contributed by atoms with Crippen LogP contribution in [0.3, 0.4) is 0 Å².